The van der Waals surface area contributed by atoms with Crippen LogP contribution in [0.5, 0.6) is 0 Å². The average Bonchev–Trinajstić information content (AvgIpc) is 3.21. The number of primary amides is 1. The largest absolute Gasteiger partial charge is 0.369 e. The first-order valence-corrected chi connectivity index (χ1v) is 9.82. The number of amides is 1. The van der Waals surface area contributed by atoms with Crippen molar-refractivity contribution in [1.82, 2.24) is 14.8 Å². The van der Waals surface area contributed by atoms with Gasteiger partial charge >= 0.3 is 0 Å². The molecule has 0 atom stereocenters. The van der Waals surface area contributed by atoms with Gasteiger partial charge in [0.15, 0.2) is 11.0 Å². The van der Waals surface area contributed by atoms with Gasteiger partial charge in [-0.05, 0) is 23.8 Å². The lowest BCUT2D eigenvalue weighted by molar-refractivity contribution is -0.115. The summed E-state index contributed by atoms with van der Waals surface area (Å²) in [5, 5.41) is 9.58. The van der Waals surface area contributed by atoms with Crippen LogP contribution in [0, 0.1) is 0 Å². The Morgan fingerprint density at radius 2 is 1.84 bits per heavy atom. The number of nitrogens with zero attached hydrogens (tertiary/aromatic N) is 3. The molecule has 6 heteroatoms. The highest BCUT2D eigenvalue weighted by atomic mass is 32.2. The van der Waals surface area contributed by atoms with Crippen molar-refractivity contribution in [1.29, 1.82) is 0 Å². The van der Waals surface area contributed by atoms with Gasteiger partial charge in [-0.15, -0.1) is 10.2 Å². The molecule has 1 aliphatic carbocycles. The van der Waals surface area contributed by atoms with Gasteiger partial charge in [0.1, 0.15) is 0 Å². The maximum atomic E-state index is 11.2. The fraction of sp³-hybridized carbons (Fsp3) is 0.526. The quantitative estimate of drug-likeness (QED) is 0.822. The summed E-state index contributed by atoms with van der Waals surface area (Å²) < 4.78 is 2.21. The van der Waals surface area contributed by atoms with E-state index < -0.39 is 0 Å². The molecule has 25 heavy (non-hydrogen) atoms. The Kier molecular flexibility index (Phi) is 5.18. The fourth-order valence-electron chi connectivity index (χ4n) is 3.32. The lowest BCUT2D eigenvalue weighted by atomic mass is 9.86. The van der Waals surface area contributed by atoms with E-state index in [1.54, 1.807) is 0 Å². The molecule has 1 aliphatic rings. The second-order valence-electron chi connectivity index (χ2n) is 7.70. The number of nitrogens with two attached hydrogens (primary N) is 1. The first kappa shape index (κ1) is 18.0. The van der Waals surface area contributed by atoms with Crippen LogP contribution in [-0.4, -0.2) is 26.4 Å². The monoisotopic (exact) mass is 358 g/mol. The molecule has 1 heterocycles. The van der Waals surface area contributed by atoms with Crippen LogP contribution in [0.4, 0.5) is 0 Å². The van der Waals surface area contributed by atoms with Crippen LogP contribution in [0.1, 0.15) is 58.1 Å². The molecule has 0 aliphatic heterocycles. The molecular formula is C19H26N4OS. The predicted molar refractivity (Wildman–Crippen MR) is 102 cm³/mol. The van der Waals surface area contributed by atoms with E-state index in [1.165, 1.54) is 30.2 Å². The van der Waals surface area contributed by atoms with Crippen LogP contribution in [0.25, 0.3) is 11.4 Å². The van der Waals surface area contributed by atoms with Crippen molar-refractivity contribution in [3.63, 3.8) is 0 Å². The summed E-state index contributed by atoms with van der Waals surface area (Å²) in [7, 11) is 0. The van der Waals surface area contributed by atoms with Crippen molar-refractivity contribution in [2.24, 2.45) is 5.73 Å². The molecule has 0 bridgehead atoms. The third-order valence-corrected chi connectivity index (χ3v) is 5.67. The van der Waals surface area contributed by atoms with E-state index in [2.05, 4.69) is 59.8 Å². The summed E-state index contributed by atoms with van der Waals surface area (Å²) >= 11 is 1.38. The number of carbonyl (C=O) groups excluding carboxylic acids is 1. The fourth-order valence-corrected chi connectivity index (χ4v) is 4.06. The van der Waals surface area contributed by atoms with Crippen molar-refractivity contribution in [3.05, 3.63) is 29.8 Å². The Morgan fingerprint density at radius 3 is 2.40 bits per heavy atom. The third-order valence-electron chi connectivity index (χ3n) is 4.71. The van der Waals surface area contributed by atoms with Gasteiger partial charge in [-0.2, -0.15) is 0 Å². The van der Waals surface area contributed by atoms with Crippen LogP contribution in [-0.2, 0) is 10.2 Å². The molecule has 2 N–H and O–H groups in total. The van der Waals surface area contributed by atoms with Gasteiger partial charge in [-0.1, -0.05) is 69.6 Å². The molecule has 0 radical (unpaired) electrons. The van der Waals surface area contributed by atoms with Crippen LogP contribution >= 0.6 is 11.8 Å². The molecule has 1 aromatic carbocycles. The molecular weight excluding hydrogens is 332 g/mol. The molecule has 1 fully saturated rings. The minimum atomic E-state index is -0.331. The standard InChI is InChI=1S/C19H26N4OS/c1-19(2,3)14-10-8-13(9-11-14)17-21-22-18(25-12-16(20)24)23(17)15-6-4-5-7-15/h8-11,15H,4-7,12H2,1-3H3,(H2,20,24). The van der Waals surface area contributed by atoms with E-state index in [0.29, 0.717) is 6.04 Å². The highest BCUT2D eigenvalue weighted by Crippen LogP contribution is 2.37. The summed E-state index contributed by atoms with van der Waals surface area (Å²) in [4.78, 5) is 11.2. The van der Waals surface area contributed by atoms with Gasteiger partial charge in [-0.25, -0.2) is 0 Å². The van der Waals surface area contributed by atoms with Gasteiger partial charge in [0.25, 0.3) is 0 Å². The summed E-state index contributed by atoms with van der Waals surface area (Å²) in [6.07, 6.45) is 4.72. The lowest BCUT2D eigenvalue weighted by Gasteiger charge is -2.20. The minimum absolute atomic E-state index is 0.125. The highest BCUT2D eigenvalue weighted by molar-refractivity contribution is 7.99. The van der Waals surface area contributed by atoms with E-state index >= 15 is 0 Å². The summed E-state index contributed by atoms with van der Waals surface area (Å²) in [6.45, 7) is 6.63. The first-order valence-electron chi connectivity index (χ1n) is 8.83. The molecule has 3 rings (SSSR count). The van der Waals surface area contributed by atoms with Crippen molar-refractivity contribution >= 4 is 17.7 Å². The highest BCUT2D eigenvalue weighted by Gasteiger charge is 2.25. The Hall–Kier alpha value is -1.82. The first-order chi connectivity index (χ1) is 11.9. The molecule has 1 amide bonds. The molecule has 134 valence electrons. The van der Waals surface area contributed by atoms with E-state index in [9.17, 15) is 4.79 Å². The van der Waals surface area contributed by atoms with E-state index in [-0.39, 0.29) is 17.1 Å². The van der Waals surface area contributed by atoms with E-state index in [0.717, 1.165) is 29.4 Å². The topological polar surface area (TPSA) is 73.8 Å². The second-order valence-corrected chi connectivity index (χ2v) is 8.64. The van der Waals surface area contributed by atoms with Gasteiger partial charge in [-0.3, -0.25) is 9.36 Å². The maximum Gasteiger partial charge on any atom is 0.227 e. The SMILES string of the molecule is CC(C)(C)c1ccc(-c2nnc(SCC(N)=O)n2C2CCCC2)cc1. The number of hydrogen-bond donors (Lipinski definition) is 1. The number of carbonyl (C=O) groups is 1. The van der Waals surface area contributed by atoms with Gasteiger partial charge in [0, 0.05) is 11.6 Å². The van der Waals surface area contributed by atoms with E-state index in [4.69, 9.17) is 5.73 Å². The normalized spacial score (nSPS) is 15.6. The number of thioether (sulfide) groups is 1. The second kappa shape index (κ2) is 7.20. The van der Waals surface area contributed by atoms with Crippen LogP contribution in [0.3, 0.4) is 0 Å². The van der Waals surface area contributed by atoms with Crippen molar-refractivity contribution in [2.75, 3.05) is 5.75 Å². The Labute approximate surface area is 153 Å². The number of hydrogen-bond acceptors (Lipinski definition) is 4. The maximum absolute atomic E-state index is 11.2. The molecule has 0 unspecified atom stereocenters. The molecule has 2 aromatic rings. The van der Waals surface area contributed by atoms with Gasteiger partial charge < -0.3 is 5.73 Å². The molecule has 5 nitrogen and oxygen atoms in total. The Morgan fingerprint density at radius 1 is 1.20 bits per heavy atom. The summed E-state index contributed by atoms with van der Waals surface area (Å²) in [5.41, 5.74) is 7.79. The minimum Gasteiger partial charge on any atom is -0.369 e. The zero-order valence-corrected chi connectivity index (χ0v) is 16.0. The summed E-state index contributed by atoms with van der Waals surface area (Å²) in [5.74, 6) is 0.787. The molecule has 0 saturated heterocycles. The van der Waals surface area contributed by atoms with Gasteiger partial charge in [0.05, 0.1) is 5.75 Å². The third kappa shape index (κ3) is 4.06. The Bertz CT molecular complexity index is 740. The van der Waals surface area contributed by atoms with Gasteiger partial charge in [0.2, 0.25) is 5.91 Å². The average molecular weight is 359 g/mol. The van der Waals surface area contributed by atoms with Crippen molar-refractivity contribution in [2.45, 2.75) is 63.1 Å². The zero-order valence-electron chi connectivity index (χ0n) is 15.2. The molecule has 1 aromatic heterocycles. The summed E-state index contributed by atoms with van der Waals surface area (Å²) in [6, 6.07) is 8.98. The van der Waals surface area contributed by atoms with Crippen molar-refractivity contribution < 1.29 is 4.79 Å². The zero-order chi connectivity index (χ0) is 18.0. The number of rotatable bonds is 5. The Balaban J connectivity index is 1.96. The molecule has 1 saturated carbocycles. The smallest absolute Gasteiger partial charge is 0.227 e. The predicted octanol–water partition coefficient (Wildman–Crippen LogP) is 3.94. The lowest BCUT2D eigenvalue weighted by Crippen LogP contribution is -2.15. The van der Waals surface area contributed by atoms with Crippen LogP contribution < -0.4 is 5.73 Å². The van der Waals surface area contributed by atoms with E-state index in [1.807, 2.05) is 0 Å². The van der Waals surface area contributed by atoms with Crippen LogP contribution in [0.15, 0.2) is 29.4 Å². The van der Waals surface area contributed by atoms with Crippen LogP contribution in [0.2, 0.25) is 0 Å². The number of benzene rings is 1. The molecule has 0 spiro atoms. The van der Waals surface area contributed by atoms with Crippen molar-refractivity contribution in [3.8, 4) is 11.4 Å². The number of aromatic nitrogens is 3.